The van der Waals surface area contributed by atoms with Gasteiger partial charge in [-0.2, -0.15) is 0 Å². The quantitative estimate of drug-likeness (QED) is 0.233. The third kappa shape index (κ3) is 11.0. The third-order valence-corrected chi connectivity index (χ3v) is 5.07. The van der Waals surface area contributed by atoms with Crippen LogP contribution in [0.1, 0.15) is 51.9 Å². The van der Waals surface area contributed by atoms with Crippen molar-refractivity contribution in [2.45, 2.75) is 62.8 Å². The van der Waals surface area contributed by atoms with Crippen LogP contribution in [0.4, 0.5) is 0 Å². The molecule has 0 aliphatic rings. The summed E-state index contributed by atoms with van der Waals surface area (Å²) in [6.07, 6.45) is 10.4. The Labute approximate surface area is 161 Å². The molecule has 0 radical (unpaired) electrons. The van der Waals surface area contributed by atoms with Gasteiger partial charge < -0.3 is 10.1 Å². The Balaban J connectivity index is 2.39. The summed E-state index contributed by atoms with van der Waals surface area (Å²) in [5.74, 6) is 0.263. The van der Waals surface area contributed by atoms with Gasteiger partial charge in [-0.15, -0.1) is 11.8 Å². The monoisotopic (exact) mass is 377 g/mol. The molecule has 1 aromatic rings. The molecule has 144 valence electrons. The highest BCUT2D eigenvalue weighted by atomic mass is 32.2. The summed E-state index contributed by atoms with van der Waals surface area (Å²) in [6.45, 7) is 2.20. The molecule has 0 spiro atoms. The number of benzene rings is 1. The molecule has 0 unspecified atom stereocenters. The van der Waals surface area contributed by atoms with Crippen molar-refractivity contribution in [1.82, 2.24) is 5.32 Å². The Hall–Kier alpha value is -1.75. The molecule has 1 N–H and O–H groups in total. The second-order valence-corrected chi connectivity index (χ2v) is 7.29. The first-order valence-electron chi connectivity index (χ1n) is 9.34. The summed E-state index contributed by atoms with van der Waals surface area (Å²) in [5, 5.41) is 2.95. The molecule has 0 aliphatic carbocycles. The highest BCUT2D eigenvalue weighted by molar-refractivity contribution is 7.99. The number of nitrogens with one attached hydrogen (secondary N) is 1. The lowest BCUT2D eigenvalue weighted by molar-refractivity contribution is -0.141. The Morgan fingerprint density at radius 3 is 2.62 bits per heavy atom. The van der Waals surface area contributed by atoms with E-state index in [1.54, 1.807) is 11.8 Å². The van der Waals surface area contributed by atoms with E-state index in [2.05, 4.69) is 18.3 Å². The van der Waals surface area contributed by atoms with Gasteiger partial charge in [0, 0.05) is 23.1 Å². The minimum atomic E-state index is -0.310. The molecule has 0 aliphatic heterocycles. The van der Waals surface area contributed by atoms with Crippen molar-refractivity contribution in [3.05, 3.63) is 42.5 Å². The summed E-state index contributed by atoms with van der Waals surface area (Å²) in [7, 11) is 1.37. The topological polar surface area (TPSA) is 55.4 Å². The molecule has 0 saturated heterocycles. The molecule has 0 bridgehead atoms. The highest BCUT2D eigenvalue weighted by Gasteiger charge is 2.16. The van der Waals surface area contributed by atoms with Gasteiger partial charge in [0.15, 0.2) is 0 Å². The number of ether oxygens (including phenoxy) is 1. The highest BCUT2D eigenvalue weighted by Crippen LogP contribution is 2.19. The van der Waals surface area contributed by atoms with Crippen LogP contribution in [0.15, 0.2) is 47.4 Å². The number of unbranched alkanes of at least 4 members (excludes halogenated alkanes) is 4. The van der Waals surface area contributed by atoms with Crippen LogP contribution in [0.2, 0.25) is 0 Å². The molecule has 4 nitrogen and oxygen atoms in total. The van der Waals surface area contributed by atoms with Crippen LogP contribution in [0.3, 0.4) is 0 Å². The van der Waals surface area contributed by atoms with Gasteiger partial charge in [0.2, 0.25) is 5.91 Å². The maximum absolute atomic E-state index is 12.1. The van der Waals surface area contributed by atoms with Crippen molar-refractivity contribution in [3.8, 4) is 0 Å². The molecular formula is C21H31NO3S. The number of thioether (sulfide) groups is 1. The van der Waals surface area contributed by atoms with Crippen LogP contribution in [-0.4, -0.2) is 30.8 Å². The van der Waals surface area contributed by atoms with Gasteiger partial charge in [-0.25, -0.2) is 0 Å². The van der Waals surface area contributed by atoms with Crippen molar-refractivity contribution >= 4 is 23.6 Å². The molecule has 1 aromatic carbocycles. The van der Waals surface area contributed by atoms with Gasteiger partial charge in [-0.3, -0.25) is 9.59 Å². The van der Waals surface area contributed by atoms with Gasteiger partial charge in [-0.05, 0) is 25.0 Å². The number of amides is 1. The Morgan fingerprint density at radius 2 is 1.92 bits per heavy atom. The van der Waals surface area contributed by atoms with Gasteiger partial charge in [-0.1, -0.05) is 56.5 Å². The fourth-order valence-electron chi connectivity index (χ4n) is 2.43. The van der Waals surface area contributed by atoms with E-state index >= 15 is 0 Å². The summed E-state index contributed by atoms with van der Waals surface area (Å²) in [6, 6.07) is 9.71. The summed E-state index contributed by atoms with van der Waals surface area (Å²) in [5.41, 5.74) is 0. The lowest BCUT2D eigenvalue weighted by Gasteiger charge is -2.17. The van der Waals surface area contributed by atoms with Gasteiger partial charge in [0.25, 0.3) is 0 Å². The first-order valence-corrected chi connectivity index (χ1v) is 10.3. The van der Waals surface area contributed by atoms with E-state index in [0.29, 0.717) is 12.2 Å². The number of allylic oxidation sites excluding steroid dienone is 1. The minimum absolute atomic E-state index is 0.0580. The van der Waals surface area contributed by atoms with E-state index in [1.165, 1.54) is 32.8 Å². The van der Waals surface area contributed by atoms with Gasteiger partial charge >= 0.3 is 5.97 Å². The number of carbonyl (C=O) groups is 2. The van der Waals surface area contributed by atoms with Crippen LogP contribution in [-0.2, 0) is 14.3 Å². The smallest absolute Gasteiger partial charge is 0.307 e. The maximum Gasteiger partial charge on any atom is 0.307 e. The number of carbonyl (C=O) groups excluding carboxylic acids is 2. The predicted molar refractivity (Wildman–Crippen MR) is 108 cm³/mol. The largest absolute Gasteiger partial charge is 0.469 e. The standard InChI is InChI=1S/C21H31NO3S/c1-3-4-5-6-7-8-12-15-20(23)22-18(16-21(24)25-2)17-26-19-13-10-9-11-14-19/h8-14,18H,3-7,15-17H2,1-2H3,(H,22,23)/b12-8+/t18-/m0/s1. The normalized spacial score (nSPS) is 12.1. The van der Waals surface area contributed by atoms with E-state index in [4.69, 9.17) is 4.74 Å². The summed E-state index contributed by atoms with van der Waals surface area (Å²) in [4.78, 5) is 24.9. The SMILES string of the molecule is CCCCCC/C=C/CC(=O)N[C@H](CSc1ccccc1)CC(=O)OC. The number of methoxy groups -OCH3 is 1. The molecule has 1 rings (SSSR count). The number of hydrogen-bond acceptors (Lipinski definition) is 4. The first-order chi connectivity index (χ1) is 12.7. The molecule has 1 atom stereocenters. The fraction of sp³-hybridized carbons (Fsp3) is 0.524. The zero-order chi connectivity index (χ0) is 19.0. The molecule has 0 saturated carbocycles. The molecule has 0 fully saturated rings. The van der Waals surface area contributed by atoms with E-state index < -0.39 is 0 Å². The molecular weight excluding hydrogens is 346 g/mol. The Morgan fingerprint density at radius 1 is 1.15 bits per heavy atom. The van der Waals surface area contributed by atoms with Crippen molar-refractivity contribution in [2.24, 2.45) is 0 Å². The zero-order valence-electron chi connectivity index (χ0n) is 15.9. The van der Waals surface area contributed by atoms with Crippen molar-refractivity contribution in [2.75, 3.05) is 12.9 Å². The van der Waals surface area contributed by atoms with Crippen molar-refractivity contribution in [1.29, 1.82) is 0 Å². The Bertz CT molecular complexity index is 545. The number of esters is 1. The molecule has 0 aromatic heterocycles. The van der Waals surface area contributed by atoms with Crippen LogP contribution in [0.5, 0.6) is 0 Å². The second-order valence-electron chi connectivity index (χ2n) is 6.19. The van der Waals surface area contributed by atoms with E-state index in [-0.39, 0.29) is 24.3 Å². The fourth-order valence-corrected chi connectivity index (χ4v) is 3.38. The third-order valence-electron chi connectivity index (χ3n) is 3.89. The van der Waals surface area contributed by atoms with Crippen LogP contribution in [0.25, 0.3) is 0 Å². The average molecular weight is 378 g/mol. The Kier molecular flexibility index (Phi) is 12.4. The zero-order valence-corrected chi connectivity index (χ0v) is 16.7. The maximum atomic E-state index is 12.1. The molecule has 1 amide bonds. The number of hydrogen-bond donors (Lipinski definition) is 1. The molecule has 0 heterocycles. The molecule has 26 heavy (non-hydrogen) atoms. The van der Waals surface area contributed by atoms with E-state index in [9.17, 15) is 9.59 Å². The van der Waals surface area contributed by atoms with Crippen LogP contribution >= 0.6 is 11.8 Å². The van der Waals surface area contributed by atoms with Crippen LogP contribution in [0, 0.1) is 0 Å². The first kappa shape index (κ1) is 22.3. The van der Waals surface area contributed by atoms with Gasteiger partial charge in [0.1, 0.15) is 0 Å². The van der Waals surface area contributed by atoms with Crippen LogP contribution < -0.4 is 5.32 Å². The minimum Gasteiger partial charge on any atom is -0.469 e. The van der Waals surface area contributed by atoms with Gasteiger partial charge in [0.05, 0.1) is 13.5 Å². The summed E-state index contributed by atoms with van der Waals surface area (Å²) < 4.78 is 4.75. The van der Waals surface area contributed by atoms with E-state index in [0.717, 1.165) is 11.3 Å². The summed E-state index contributed by atoms with van der Waals surface area (Å²) >= 11 is 1.62. The lowest BCUT2D eigenvalue weighted by Crippen LogP contribution is -2.38. The molecule has 5 heteroatoms. The van der Waals surface area contributed by atoms with Crippen molar-refractivity contribution < 1.29 is 14.3 Å². The second kappa shape index (κ2) is 14.4. The lowest BCUT2D eigenvalue weighted by atomic mass is 10.1. The van der Waals surface area contributed by atoms with E-state index in [1.807, 2.05) is 36.4 Å². The predicted octanol–water partition coefficient (Wildman–Crippen LogP) is 4.74. The number of rotatable bonds is 13. The average Bonchev–Trinajstić information content (AvgIpc) is 2.66. The van der Waals surface area contributed by atoms with Crippen molar-refractivity contribution in [3.63, 3.8) is 0 Å².